The second-order valence-corrected chi connectivity index (χ2v) is 6.43. The van der Waals surface area contributed by atoms with Gasteiger partial charge in [0.05, 0.1) is 11.7 Å². The third-order valence-corrected chi connectivity index (χ3v) is 3.77. The Bertz CT molecular complexity index is 498. The molecule has 1 atom stereocenters. The maximum absolute atomic E-state index is 11.6. The number of carbonyl (C=O) groups excluding carboxylic acids is 3. The summed E-state index contributed by atoms with van der Waals surface area (Å²) in [4.78, 5) is 33.2. The van der Waals surface area contributed by atoms with Gasteiger partial charge in [0.15, 0.2) is 0 Å². The molecule has 0 fully saturated rings. The van der Waals surface area contributed by atoms with Crippen LogP contribution in [0.3, 0.4) is 0 Å². The second kappa shape index (κ2) is 14.8. The van der Waals surface area contributed by atoms with Crippen LogP contribution in [0.5, 0.6) is 0 Å². The molecule has 0 heterocycles. The minimum atomic E-state index is -0.572. The number of hydrogen-bond acceptors (Lipinski definition) is 8. The number of nitrogens with zero attached hydrogens (tertiary/aromatic N) is 1. The summed E-state index contributed by atoms with van der Waals surface area (Å²) in [6.07, 6.45) is 5.70. The first-order valence-electron chi connectivity index (χ1n) is 9.14. The molecule has 0 saturated heterocycles. The van der Waals surface area contributed by atoms with Crippen LogP contribution in [0, 0.1) is 0 Å². The Kier molecular flexibility index (Phi) is 13.5. The van der Waals surface area contributed by atoms with Crippen LogP contribution in [-0.2, 0) is 14.3 Å². The van der Waals surface area contributed by atoms with Gasteiger partial charge in [-0.15, -0.1) is 0 Å². The highest BCUT2D eigenvalue weighted by atomic mass is 16.5. The third-order valence-electron chi connectivity index (χ3n) is 3.77. The van der Waals surface area contributed by atoms with Gasteiger partial charge in [-0.3, -0.25) is 9.59 Å². The summed E-state index contributed by atoms with van der Waals surface area (Å²) in [5, 5.41) is 4.02. The summed E-state index contributed by atoms with van der Waals surface area (Å²) in [6.45, 7) is 2.39. The van der Waals surface area contributed by atoms with Crippen molar-refractivity contribution in [2.24, 2.45) is 23.0 Å². The molecule has 0 saturated carbocycles. The van der Waals surface area contributed by atoms with E-state index in [1.807, 2.05) is 0 Å². The first-order valence-corrected chi connectivity index (χ1v) is 9.14. The molecule has 0 aliphatic rings. The number of Topliss-reactive ketones (excluding diaryl/α,β-unsaturated/α-hetero) is 1. The summed E-state index contributed by atoms with van der Waals surface area (Å²) >= 11 is 0. The molecule has 27 heavy (non-hydrogen) atoms. The summed E-state index contributed by atoms with van der Waals surface area (Å²) < 4.78 is 4.98. The lowest BCUT2D eigenvalue weighted by Crippen LogP contribution is -2.30. The van der Waals surface area contributed by atoms with Gasteiger partial charge in [0.2, 0.25) is 5.91 Å². The molecule has 10 nitrogen and oxygen atoms in total. The molecule has 9 N–H and O–H groups in total. The highest BCUT2D eigenvalue weighted by Gasteiger charge is 2.07. The second-order valence-electron chi connectivity index (χ2n) is 6.43. The minimum Gasteiger partial charge on any atom is -0.443 e. The molecule has 156 valence electrons. The fourth-order valence-corrected chi connectivity index (χ4v) is 2.17. The summed E-state index contributed by atoms with van der Waals surface area (Å²) in [7, 11) is 0. The van der Waals surface area contributed by atoms with Crippen LogP contribution in [0.2, 0.25) is 0 Å². The number of hydrazine groups is 1. The monoisotopic (exact) mass is 386 g/mol. The zero-order valence-electron chi connectivity index (χ0n) is 16.1. The molecule has 0 radical (unpaired) electrons. The van der Waals surface area contributed by atoms with Crippen LogP contribution >= 0.6 is 0 Å². The molecule has 0 aliphatic heterocycles. The SMILES string of the molecule is CC(=O)C(N)CCCCNC(=O)OC/C(N)=C/N(N)CCCCCC(N)=O. The molecule has 0 aromatic carbocycles. The number of hydrogen-bond donors (Lipinski definition) is 5. The highest BCUT2D eigenvalue weighted by Crippen LogP contribution is 2.01. The fraction of sp³-hybridized carbons (Fsp3) is 0.706. The van der Waals surface area contributed by atoms with E-state index >= 15 is 0 Å². The van der Waals surface area contributed by atoms with Gasteiger partial charge in [-0.1, -0.05) is 6.42 Å². The van der Waals surface area contributed by atoms with Gasteiger partial charge in [-0.05, 0) is 39.0 Å². The van der Waals surface area contributed by atoms with E-state index in [1.54, 1.807) is 0 Å². The van der Waals surface area contributed by atoms with Crippen LogP contribution in [0.15, 0.2) is 11.9 Å². The Balaban J connectivity index is 3.77. The zero-order valence-corrected chi connectivity index (χ0v) is 16.1. The third kappa shape index (κ3) is 15.6. The lowest BCUT2D eigenvalue weighted by Gasteiger charge is -2.15. The molecule has 0 rings (SSSR count). The number of carbonyl (C=O) groups is 3. The van der Waals surface area contributed by atoms with Crippen molar-refractivity contribution in [1.29, 1.82) is 0 Å². The van der Waals surface area contributed by atoms with Crippen LogP contribution in [0.25, 0.3) is 0 Å². The van der Waals surface area contributed by atoms with E-state index in [4.69, 9.17) is 27.8 Å². The predicted molar refractivity (Wildman–Crippen MR) is 103 cm³/mol. The topological polar surface area (TPSA) is 180 Å². The van der Waals surface area contributed by atoms with Gasteiger partial charge in [0.1, 0.15) is 12.4 Å². The van der Waals surface area contributed by atoms with E-state index in [9.17, 15) is 14.4 Å². The van der Waals surface area contributed by atoms with Gasteiger partial charge >= 0.3 is 6.09 Å². The molecule has 0 aromatic rings. The van der Waals surface area contributed by atoms with E-state index in [0.29, 0.717) is 38.0 Å². The van der Waals surface area contributed by atoms with E-state index in [0.717, 1.165) is 25.7 Å². The maximum atomic E-state index is 11.6. The van der Waals surface area contributed by atoms with E-state index in [-0.39, 0.29) is 18.3 Å². The summed E-state index contributed by atoms with van der Waals surface area (Å²) in [5.74, 6) is 5.43. The molecule has 0 spiro atoms. The van der Waals surface area contributed by atoms with Crippen LogP contribution in [0.4, 0.5) is 4.79 Å². The van der Waals surface area contributed by atoms with Crippen molar-refractivity contribution in [3.05, 3.63) is 11.9 Å². The van der Waals surface area contributed by atoms with Crippen LogP contribution in [-0.4, -0.2) is 48.5 Å². The van der Waals surface area contributed by atoms with Gasteiger partial charge < -0.3 is 32.3 Å². The fourth-order valence-electron chi connectivity index (χ4n) is 2.17. The summed E-state index contributed by atoms with van der Waals surface area (Å²) in [5.41, 5.74) is 16.8. The van der Waals surface area contributed by atoms with Crippen molar-refractivity contribution in [1.82, 2.24) is 10.3 Å². The van der Waals surface area contributed by atoms with Gasteiger partial charge in [0, 0.05) is 25.7 Å². The quantitative estimate of drug-likeness (QED) is 0.146. The zero-order chi connectivity index (χ0) is 20.7. The van der Waals surface area contributed by atoms with Gasteiger partial charge in [-0.2, -0.15) is 0 Å². The normalized spacial score (nSPS) is 12.3. The first-order chi connectivity index (χ1) is 12.7. The Morgan fingerprint density at radius 3 is 2.44 bits per heavy atom. The standard InChI is InChI=1S/C17H34N6O4/c1-13(24)15(19)7-4-5-9-22-17(26)27-12-14(18)11-23(21)10-6-2-3-8-16(20)25/h11,15H,2-10,12,18-19,21H2,1H3,(H2,20,25)(H,22,26)/b14-11-. The van der Waals surface area contributed by atoms with E-state index in [2.05, 4.69) is 5.32 Å². The molecular weight excluding hydrogens is 352 g/mol. The van der Waals surface area contributed by atoms with Crippen LogP contribution in [0.1, 0.15) is 51.9 Å². The average molecular weight is 386 g/mol. The smallest absolute Gasteiger partial charge is 0.407 e. The Hall–Kier alpha value is -2.33. The van der Waals surface area contributed by atoms with E-state index < -0.39 is 12.1 Å². The molecule has 10 heteroatoms. The number of rotatable bonds is 15. The molecular formula is C17H34N6O4. The van der Waals surface area contributed by atoms with E-state index in [1.165, 1.54) is 18.1 Å². The Morgan fingerprint density at radius 1 is 1.11 bits per heavy atom. The van der Waals surface area contributed by atoms with Crippen molar-refractivity contribution in [3.8, 4) is 0 Å². The molecule has 1 unspecified atom stereocenters. The number of ketones is 1. The lowest BCUT2D eigenvalue weighted by atomic mass is 10.1. The van der Waals surface area contributed by atoms with Crippen molar-refractivity contribution < 1.29 is 19.1 Å². The van der Waals surface area contributed by atoms with Gasteiger partial charge in [0.25, 0.3) is 0 Å². The molecule has 0 bridgehead atoms. The largest absolute Gasteiger partial charge is 0.443 e. The molecule has 0 aliphatic carbocycles. The maximum Gasteiger partial charge on any atom is 0.407 e. The average Bonchev–Trinajstić information content (AvgIpc) is 2.58. The number of primary amides is 1. The number of amides is 2. The molecule has 0 aromatic heterocycles. The number of nitrogens with one attached hydrogen (secondary N) is 1. The first kappa shape index (κ1) is 24.7. The number of ether oxygens (including phenoxy) is 1. The molecule has 2 amide bonds. The highest BCUT2D eigenvalue weighted by molar-refractivity contribution is 5.81. The lowest BCUT2D eigenvalue weighted by molar-refractivity contribution is -0.119. The number of nitrogens with two attached hydrogens (primary N) is 4. The van der Waals surface area contributed by atoms with Crippen molar-refractivity contribution in [2.45, 2.75) is 57.9 Å². The van der Waals surface area contributed by atoms with Crippen molar-refractivity contribution in [2.75, 3.05) is 19.7 Å². The minimum absolute atomic E-state index is 0.0377. The van der Waals surface area contributed by atoms with Crippen molar-refractivity contribution in [3.63, 3.8) is 0 Å². The van der Waals surface area contributed by atoms with Gasteiger partial charge in [-0.25, -0.2) is 10.6 Å². The van der Waals surface area contributed by atoms with Crippen molar-refractivity contribution >= 4 is 17.8 Å². The Morgan fingerprint density at radius 2 is 1.81 bits per heavy atom. The number of alkyl carbamates (subject to hydrolysis) is 1. The predicted octanol–water partition coefficient (Wildman–Crippen LogP) is -0.179. The summed E-state index contributed by atoms with van der Waals surface area (Å²) in [6, 6.07) is -0.441. The Labute approximate surface area is 160 Å². The van der Waals surface area contributed by atoms with Crippen LogP contribution < -0.4 is 28.4 Å². The number of unbranched alkanes of at least 4 members (excludes halogenated alkanes) is 3.